The van der Waals surface area contributed by atoms with Crippen molar-refractivity contribution in [1.82, 2.24) is 5.32 Å². The van der Waals surface area contributed by atoms with Crippen molar-refractivity contribution in [2.75, 3.05) is 6.54 Å². The Morgan fingerprint density at radius 1 is 1.27 bits per heavy atom. The van der Waals surface area contributed by atoms with Gasteiger partial charge in [-0.1, -0.05) is 53.4 Å². The molecule has 0 radical (unpaired) electrons. The van der Waals surface area contributed by atoms with E-state index < -0.39 is 0 Å². The van der Waals surface area contributed by atoms with Crippen molar-refractivity contribution in [1.29, 1.82) is 0 Å². The fourth-order valence-corrected chi connectivity index (χ4v) is 2.70. The van der Waals surface area contributed by atoms with Gasteiger partial charge >= 0.3 is 0 Å². The van der Waals surface area contributed by atoms with Crippen LogP contribution < -0.4 is 5.32 Å². The zero-order valence-corrected chi connectivity index (χ0v) is 11.1. The quantitative estimate of drug-likeness (QED) is 0.700. The second-order valence-corrected chi connectivity index (χ2v) is 6.05. The van der Waals surface area contributed by atoms with E-state index in [1.807, 2.05) is 0 Å². The summed E-state index contributed by atoms with van der Waals surface area (Å²) in [7, 11) is 0. The predicted molar refractivity (Wildman–Crippen MR) is 68.1 cm³/mol. The van der Waals surface area contributed by atoms with Crippen LogP contribution in [0.25, 0.3) is 0 Å². The molecule has 1 nitrogen and oxygen atoms in total. The molecule has 0 bridgehead atoms. The first-order valence-electron chi connectivity index (χ1n) is 6.79. The van der Waals surface area contributed by atoms with Crippen LogP contribution in [-0.2, 0) is 0 Å². The van der Waals surface area contributed by atoms with Gasteiger partial charge in [-0.05, 0) is 24.2 Å². The molecular weight excluding hydrogens is 182 g/mol. The lowest BCUT2D eigenvalue weighted by atomic mass is 9.78. The standard InChI is InChI=1S/C14H29N/c1-5-14(4,11-15-12(2)3)10-13-8-6-7-9-13/h12-13,15H,5-11H2,1-4H3. The van der Waals surface area contributed by atoms with Gasteiger partial charge in [0.15, 0.2) is 0 Å². The summed E-state index contributed by atoms with van der Waals surface area (Å²) < 4.78 is 0. The summed E-state index contributed by atoms with van der Waals surface area (Å²) in [6.45, 7) is 10.5. The molecule has 1 fully saturated rings. The lowest BCUT2D eigenvalue weighted by molar-refractivity contribution is 0.216. The first kappa shape index (κ1) is 13.0. The van der Waals surface area contributed by atoms with Crippen molar-refractivity contribution < 1.29 is 0 Å². The third-order valence-corrected chi connectivity index (χ3v) is 4.05. The first-order chi connectivity index (χ1) is 7.06. The minimum absolute atomic E-state index is 0.527. The average Bonchev–Trinajstić information content (AvgIpc) is 2.67. The molecule has 1 heteroatoms. The second-order valence-electron chi connectivity index (χ2n) is 6.05. The third kappa shape index (κ3) is 4.55. The van der Waals surface area contributed by atoms with Gasteiger partial charge in [-0.15, -0.1) is 0 Å². The van der Waals surface area contributed by atoms with Crippen LogP contribution in [0, 0.1) is 11.3 Å². The van der Waals surface area contributed by atoms with Crippen LogP contribution in [0.1, 0.15) is 66.2 Å². The summed E-state index contributed by atoms with van der Waals surface area (Å²) in [5, 5.41) is 3.61. The summed E-state index contributed by atoms with van der Waals surface area (Å²) in [5.41, 5.74) is 0.527. The zero-order valence-electron chi connectivity index (χ0n) is 11.1. The Hall–Kier alpha value is -0.0400. The van der Waals surface area contributed by atoms with Gasteiger partial charge in [0.25, 0.3) is 0 Å². The fraction of sp³-hybridized carbons (Fsp3) is 1.00. The topological polar surface area (TPSA) is 12.0 Å². The van der Waals surface area contributed by atoms with Crippen LogP contribution in [0.5, 0.6) is 0 Å². The summed E-state index contributed by atoms with van der Waals surface area (Å²) >= 11 is 0. The Morgan fingerprint density at radius 2 is 1.87 bits per heavy atom. The highest BCUT2D eigenvalue weighted by Gasteiger charge is 2.27. The highest BCUT2D eigenvalue weighted by Crippen LogP contribution is 2.37. The van der Waals surface area contributed by atoms with Crippen molar-refractivity contribution >= 4 is 0 Å². The van der Waals surface area contributed by atoms with Gasteiger partial charge < -0.3 is 5.32 Å². The SMILES string of the molecule is CCC(C)(CNC(C)C)CC1CCCC1. The second kappa shape index (κ2) is 5.89. The highest BCUT2D eigenvalue weighted by molar-refractivity contribution is 4.81. The van der Waals surface area contributed by atoms with E-state index in [9.17, 15) is 0 Å². The Bertz CT molecular complexity index is 170. The molecule has 0 aliphatic heterocycles. The summed E-state index contributed by atoms with van der Waals surface area (Å²) in [6.07, 6.45) is 8.66. The molecule has 1 atom stereocenters. The molecule has 1 unspecified atom stereocenters. The molecule has 90 valence electrons. The average molecular weight is 211 g/mol. The third-order valence-electron chi connectivity index (χ3n) is 4.05. The van der Waals surface area contributed by atoms with E-state index in [1.165, 1.54) is 45.1 Å². The maximum atomic E-state index is 3.61. The van der Waals surface area contributed by atoms with Gasteiger partial charge in [0.05, 0.1) is 0 Å². The lowest BCUT2D eigenvalue weighted by Crippen LogP contribution is -2.36. The zero-order chi connectivity index (χ0) is 11.3. The van der Waals surface area contributed by atoms with E-state index in [2.05, 4.69) is 33.0 Å². The molecule has 0 aromatic rings. The van der Waals surface area contributed by atoms with E-state index in [0.717, 1.165) is 5.92 Å². The van der Waals surface area contributed by atoms with Crippen LogP contribution in [0.2, 0.25) is 0 Å². The molecule has 0 aromatic heterocycles. The molecule has 0 heterocycles. The summed E-state index contributed by atoms with van der Waals surface area (Å²) in [6, 6.07) is 0.624. The Labute approximate surface area is 96.0 Å². The normalized spacial score (nSPS) is 22.2. The Kier molecular flexibility index (Phi) is 5.11. The van der Waals surface area contributed by atoms with Crippen LogP contribution in [0.15, 0.2) is 0 Å². The summed E-state index contributed by atoms with van der Waals surface area (Å²) in [4.78, 5) is 0. The first-order valence-corrected chi connectivity index (χ1v) is 6.79. The monoisotopic (exact) mass is 211 g/mol. The van der Waals surface area contributed by atoms with E-state index in [1.54, 1.807) is 0 Å². The van der Waals surface area contributed by atoms with Gasteiger partial charge in [0, 0.05) is 12.6 Å². The minimum Gasteiger partial charge on any atom is -0.314 e. The highest BCUT2D eigenvalue weighted by atomic mass is 14.9. The van der Waals surface area contributed by atoms with Crippen LogP contribution >= 0.6 is 0 Å². The van der Waals surface area contributed by atoms with Crippen LogP contribution in [-0.4, -0.2) is 12.6 Å². The molecule has 1 rings (SSSR count). The molecule has 1 N–H and O–H groups in total. The Balaban J connectivity index is 2.36. The maximum absolute atomic E-state index is 3.61. The van der Waals surface area contributed by atoms with Crippen molar-refractivity contribution in [2.24, 2.45) is 11.3 Å². The minimum atomic E-state index is 0.527. The number of hydrogen-bond donors (Lipinski definition) is 1. The fourth-order valence-electron chi connectivity index (χ4n) is 2.70. The summed E-state index contributed by atoms with van der Waals surface area (Å²) in [5.74, 6) is 1.02. The van der Waals surface area contributed by atoms with Gasteiger partial charge in [-0.2, -0.15) is 0 Å². The predicted octanol–water partition coefficient (Wildman–Crippen LogP) is 3.98. The lowest BCUT2D eigenvalue weighted by Gasteiger charge is -2.32. The number of rotatable bonds is 6. The Morgan fingerprint density at radius 3 is 2.33 bits per heavy atom. The van der Waals surface area contributed by atoms with Gasteiger partial charge in [0.1, 0.15) is 0 Å². The van der Waals surface area contributed by atoms with E-state index in [-0.39, 0.29) is 0 Å². The van der Waals surface area contributed by atoms with E-state index >= 15 is 0 Å². The molecule has 0 spiro atoms. The molecule has 1 saturated carbocycles. The van der Waals surface area contributed by atoms with Crippen molar-refractivity contribution in [2.45, 2.75) is 72.3 Å². The van der Waals surface area contributed by atoms with Gasteiger partial charge in [0.2, 0.25) is 0 Å². The van der Waals surface area contributed by atoms with Crippen LogP contribution in [0.3, 0.4) is 0 Å². The molecule has 1 aliphatic rings. The number of nitrogens with one attached hydrogen (secondary N) is 1. The van der Waals surface area contributed by atoms with Crippen molar-refractivity contribution in [3.63, 3.8) is 0 Å². The van der Waals surface area contributed by atoms with Crippen LogP contribution in [0.4, 0.5) is 0 Å². The number of hydrogen-bond acceptors (Lipinski definition) is 1. The molecule has 0 aromatic carbocycles. The smallest absolute Gasteiger partial charge is 0.00106 e. The largest absolute Gasteiger partial charge is 0.314 e. The molecule has 0 amide bonds. The molecular formula is C14H29N. The van der Waals surface area contributed by atoms with Crippen molar-refractivity contribution in [3.8, 4) is 0 Å². The maximum Gasteiger partial charge on any atom is 0.00106 e. The van der Waals surface area contributed by atoms with Gasteiger partial charge in [-0.25, -0.2) is 0 Å². The molecule has 0 saturated heterocycles. The van der Waals surface area contributed by atoms with E-state index in [4.69, 9.17) is 0 Å². The molecule has 15 heavy (non-hydrogen) atoms. The van der Waals surface area contributed by atoms with Crippen molar-refractivity contribution in [3.05, 3.63) is 0 Å². The van der Waals surface area contributed by atoms with E-state index in [0.29, 0.717) is 11.5 Å². The molecule has 1 aliphatic carbocycles. The van der Waals surface area contributed by atoms with Gasteiger partial charge in [-0.3, -0.25) is 0 Å².